The van der Waals surface area contributed by atoms with E-state index in [-0.39, 0.29) is 12.4 Å². The molecule has 0 aliphatic heterocycles. The van der Waals surface area contributed by atoms with Crippen molar-refractivity contribution in [1.29, 1.82) is 0 Å². The first-order valence-electron chi connectivity index (χ1n) is 7.08. The van der Waals surface area contributed by atoms with Crippen LogP contribution in [-0.2, 0) is 19.9 Å². The van der Waals surface area contributed by atoms with Gasteiger partial charge in [0.1, 0.15) is 5.78 Å². The van der Waals surface area contributed by atoms with Crippen molar-refractivity contribution < 1.29 is 19.4 Å². The Morgan fingerprint density at radius 2 is 2.05 bits per heavy atom. The number of hydrogen-bond donors (Lipinski definition) is 1. The molecule has 1 fully saturated rings. The van der Waals surface area contributed by atoms with E-state index >= 15 is 0 Å². The van der Waals surface area contributed by atoms with Crippen molar-refractivity contribution in [3.05, 3.63) is 35.9 Å². The van der Waals surface area contributed by atoms with E-state index in [0.29, 0.717) is 18.4 Å². The fourth-order valence-electron chi connectivity index (χ4n) is 2.82. The van der Waals surface area contributed by atoms with Crippen molar-refractivity contribution in [3.8, 4) is 0 Å². The lowest BCUT2D eigenvalue weighted by Gasteiger charge is -2.35. The van der Waals surface area contributed by atoms with Crippen LogP contribution in [0.3, 0.4) is 0 Å². The first-order chi connectivity index (χ1) is 9.60. The van der Waals surface area contributed by atoms with Gasteiger partial charge >= 0.3 is 5.97 Å². The first kappa shape index (κ1) is 14.7. The molecule has 1 unspecified atom stereocenters. The molecule has 0 heterocycles. The summed E-state index contributed by atoms with van der Waals surface area (Å²) in [7, 11) is 0. The third-order valence-corrected chi connectivity index (χ3v) is 3.86. The molecule has 20 heavy (non-hydrogen) atoms. The highest BCUT2D eigenvalue weighted by atomic mass is 16.5. The van der Waals surface area contributed by atoms with E-state index in [1.165, 1.54) is 0 Å². The van der Waals surface area contributed by atoms with Crippen molar-refractivity contribution >= 4 is 11.8 Å². The monoisotopic (exact) mass is 276 g/mol. The molecule has 1 aliphatic rings. The number of hydrogen-bond acceptors (Lipinski definition) is 4. The third kappa shape index (κ3) is 2.61. The maximum atomic E-state index is 12.3. The topological polar surface area (TPSA) is 63.6 Å². The largest absolute Gasteiger partial charge is 0.464 e. The van der Waals surface area contributed by atoms with Gasteiger partial charge in [0.05, 0.1) is 12.5 Å². The summed E-state index contributed by atoms with van der Waals surface area (Å²) in [4.78, 5) is 24.4. The van der Waals surface area contributed by atoms with Gasteiger partial charge in [0, 0.05) is 6.42 Å². The van der Waals surface area contributed by atoms with Crippen molar-refractivity contribution in [2.24, 2.45) is 5.92 Å². The summed E-state index contributed by atoms with van der Waals surface area (Å²) in [5, 5.41) is 11.0. The molecule has 0 saturated heterocycles. The van der Waals surface area contributed by atoms with Gasteiger partial charge in [-0.2, -0.15) is 0 Å². The lowest BCUT2D eigenvalue weighted by Crippen LogP contribution is -2.48. The van der Waals surface area contributed by atoms with Crippen molar-refractivity contribution in [3.63, 3.8) is 0 Å². The van der Waals surface area contributed by atoms with Gasteiger partial charge in [-0.05, 0) is 25.3 Å². The fourth-order valence-corrected chi connectivity index (χ4v) is 2.82. The van der Waals surface area contributed by atoms with Gasteiger partial charge in [0.15, 0.2) is 5.60 Å². The van der Waals surface area contributed by atoms with E-state index in [0.717, 1.165) is 12.8 Å². The van der Waals surface area contributed by atoms with Crippen LogP contribution in [0, 0.1) is 5.92 Å². The summed E-state index contributed by atoms with van der Waals surface area (Å²) in [6.45, 7) is 1.86. The van der Waals surface area contributed by atoms with Gasteiger partial charge in [-0.1, -0.05) is 36.8 Å². The molecule has 0 spiro atoms. The van der Waals surface area contributed by atoms with Crippen LogP contribution in [0.2, 0.25) is 0 Å². The summed E-state index contributed by atoms with van der Waals surface area (Å²) in [5.74, 6) is -1.50. The molecule has 1 aromatic carbocycles. The molecule has 108 valence electrons. The minimum Gasteiger partial charge on any atom is -0.464 e. The van der Waals surface area contributed by atoms with E-state index in [1.807, 2.05) is 0 Å². The highest BCUT2D eigenvalue weighted by Gasteiger charge is 2.50. The van der Waals surface area contributed by atoms with E-state index in [9.17, 15) is 14.7 Å². The van der Waals surface area contributed by atoms with Crippen LogP contribution in [0.25, 0.3) is 0 Å². The number of carbonyl (C=O) groups excluding carboxylic acids is 2. The second kappa shape index (κ2) is 6.18. The van der Waals surface area contributed by atoms with Crippen LogP contribution in [0.1, 0.15) is 38.2 Å². The minimum atomic E-state index is -1.87. The summed E-state index contributed by atoms with van der Waals surface area (Å²) in [6, 6.07) is 8.62. The van der Waals surface area contributed by atoms with E-state index in [4.69, 9.17) is 4.74 Å². The molecule has 0 aromatic heterocycles. The molecule has 1 aliphatic carbocycles. The zero-order valence-electron chi connectivity index (χ0n) is 11.7. The maximum Gasteiger partial charge on any atom is 0.343 e. The van der Waals surface area contributed by atoms with Crippen LogP contribution in [0.15, 0.2) is 30.3 Å². The molecular weight excluding hydrogens is 256 g/mol. The third-order valence-electron chi connectivity index (χ3n) is 3.86. The number of ketones is 1. The van der Waals surface area contributed by atoms with Crippen LogP contribution in [0.4, 0.5) is 0 Å². The van der Waals surface area contributed by atoms with Gasteiger partial charge < -0.3 is 9.84 Å². The molecule has 0 bridgehead atoms. The van der Waals surface area contributed by atoms with Gasteiger partial charge in [0.25, 0.3) is 0 Å². The molecular formula is C16H20O4. The van der Waals surface area contributed by atoms with Gasteiger partial charge in [-0.25, -0.2) is 4.79 Å². The minimum absolute atomic E-state index is 0.0596. The molecule has 4 nitrogen and oxygen atoms in total. The molecule has 2 rings (SSSR count). The summed E-state index contributed by atoms with van der Waals surface area (Å²) in [5.41, 5.74) is -1.44. The highest BCUT2D eigenvalue weighted by Crippen LogP contribution is 2.38. The Hall–Kier alpha value is -1.68. The summed E-state index contributed by atoms with van der Waals surface area (Å²) in [6.07, 6.45) is 2.59. The Labute approximate surface area is 118 Å². The van der Waals surface area contributed by atoms with Gasteiger partial charge in [-0.3, -0.25) is 4.79 Å². The summed E-state index contributed by atoms with van der Waals surface area (Å²) >= 11 is 0. The Kier molecular flexibility index (Phi) is 4.55. The van der Waals surface area contributed by atoms with Crippen LogP contribution < -0.4 is 0 Å². The number of Topliss-reactive ketones (excluding diaryl/α,β-unsaturated/α-hetero) is 1. The average Bonchev–Trinajstić information content (AvgIpc) is 2.48. The maximum absolute atomic E-state index is 12.3. The Morgan fingerprint density at radius 1 is 1.35 bits per heavy atom. The predicted molar refractivity (Wildman–Crippen MR) is 73.9 cm³/mol. The first-order valence-corrected chi connectivity index (χ1v) is 7.08. The molecule has 1 N–H and O–H groups in total. The zero-order valence-corrected chi connectivity index (χ0v) is 11.7. The fraction of sp³-hybridized carbons (Fsp3) is 0.500. The Balaban J connectivity index is 2.43. The Morgan fingerprint density at radius 3 is 2.65 bits per heavy atom. The zero-order chi connectivity index (χ0) is 14.6. The second-order valence-corrected chi connectivity index (χ2v) is 5.12. The predicted octanol–water partition coefficient (Wildman–Crippen LogP) is 2.20. The van der Waals surface area contributed by atoms with E-state index < -0.39 is 17.5 Å². The number of esters is 1. The van der Waals surface area contributed by atoms with Gasteiger partial charge in [-0.15, -0.1) is 0 Å². The van der Waals surface area contributed by atoms with Crippen molar-refractivity contribution in [2.45, 2.75) is 38.2 Å². The number of benzene rings is 1. The summed E-state index contributed by atoms with van der Waals surface area (Å²) < 4.78 is 5.02. The molecule has 1 saturated carbocycles. The molecule has 1 aromatic rings. The standard InChI is InChI=1S/C16H20O4/c1-2-20-15(18)16(19,12-8-4-3-5-9-12)13-10-6-7-11-14(13)17/h3-5,8-9,13,19H,2,6-7,10-11H2,1H3/t13?,16-/m1/s1. The van der Waals surface area contributed by atoms with E-state index in [1.54, 1.807) is 37.3 Å². The highest BCUT2D eigenvalue weighted by molar-refractivity contribution is 5.92. The lowest BCUT2D eigenvalue weighted by atomic mass is 9.72. The number of carbonyl (C=O) groups is 2. The Bertz CT molecular complexity index is 483. The van der Waals surface area contributed by atoms with E-state index in [2.05, 4.69) is 0 Å². The quantitative estimate of drug-likeness (QED) is 0.856. The number of aliphatic hydroxyl groups is 1. The molecule has 2 atom stereocenters. The van der Waals surface area contributed by atoms with Crippen molar-refractivity contribution in [1.82, 2.24) is 0 Å². The van der Waals surface area contributed by atoms with Gasteiger partial charge in [0.2, 0.25) is 0 Å². The SMILES string of the molecule is CCOC(=O)[C@@](O)(c1ccccc1)C1CCCCC1=O. The number of rotatable bonds is 4. The van der Waals surface area contributed by atoms with Crippen LogP contribution in [0.5, 0.6) is 0 Å². The molecule has 0 amide bonds. The van der Waals surface area contributed by atoms with Crippen molar-refractivity contribution in [2.75, 3.05) is 6.61 Å². The van der Waals surface area contributed by atoms with Crippen LogP contribution in [-0.4, -0.2) is 23.5 Å². The van der Waals surface area contributed by atoms with Crippen LogP contribution >= 0.6 is 0 Å². The molecule has 0 radical (unpaired) electrons. The lowest BCUT2D eigenvalue weighted by molar-refractivity contribution is -0.177. The molecule has 4 heteroatoms. The average molecular weight is 276 g/mol. The number of ether oxygens (including phenoxy) is 1. The smallest absolute Gasteiger partial charge is 0.343 e. The second-order valence-electron chi connectivity index (χ2n) is 5.12. The normalized spacial score (nSPS) is 22.1.